The van der Waals surface area contributed by atoms with Crippen molar-refractivity contribution in [3.63, 3.8) is 0 Å². The largest absolute Gasteiger partial charge is 0.300 e. The van der Waals surface area contributed by atoms with Crippen molar-refractivity contribution >= 4 is 23.8 Å². The Bertz CT molecular complexity index is 683. The highest BCUT2D eigenvalue weighted by molar-refractivity contribution is 7.79. The quantitative estimate of drug-likeness (QED) is 0.650. The number of nitrogens with zero attached hydrogens (tertiary/aromatic N) is 2. The van der Waals surface area contributed by atoms with Crippen molar-refractivity contribution in [1.82, 2.24) is 9.80 Å². The zero-order valence-electron chi connectivity index (χ0n) is 15.7. The van der Waals surface area contributed by atoms with Crippen LogP contribution in [-0.2, 0) is 0 Å². The Kier molecular flexibility index (Phi) is 6.32. The third-order valence-corrected chi connectivity index (χ3v) is 7.68. The van der Waals surface area contributed by atoms with Crippen LogP contribution in [0.2, 0.25) is 0 Å². The van der Waals surface area contributed by atoms with E-state index in [1.165, 1.54) is 55.2 Å². The van der Waals surface area contributed by atoms with Gasteiger partial charge in [0.1, 0.15) is 0 Å². The van der Waals surface area contributed by atoms with E-state index in [4.69, 9.17) is 0 Å². The average molecular weight is 374 g/mol. The van der Waals surface area contributed by atoms with Gasteiger partial charge in [0.25, 0.3) is 0 Å². The van der Waals surface area contributed by atoms with Gasteiger partial charge in [0.15, 0.2) is 0 Å². The molecule has 3 saturated heterocycles. The molecule has 27 heavy (non-hydrogen) atoms. The standard InChI is InChI=1S/C18H15P.C6H12N2/c1-4-10-16(11-5-1)19(17-12-6-2-7-13-17)18-14-8-3-9-15-18;1-2-8-5-3-7(1)4-6-8/h1-15H;1-6H2. The summed E-state index contributed by atoms with van der Waals surface area (Å²) in [6.07, 6.45) is 0. The van der Waals surface area contributed by atoms with Gasteiger partial charge in [-0.1, -0.05) is 91.0 Å². The summed E-state index contributed by atoms with van der Waals surface area (Å²) in [5, 5.41) is 4.19. The number of hydrogen-bond donors (Lipinski definition) is 0. The second-order valence-corrected chi connectivity index (χ2v) is 9.25. The Morgan fingerprint density at radius 3 is 0.889 bits per heavy atom. The van der Waals surface area contributed by atoms with Gasteiger partial charge in [-0.05, 0) is 23.8 Å². The van der Waals surface area contributed by atoms with Gasteiger partial charge in [0.2, 0.25) is 0 Å². The monoisotopic (exact) mass is 374 g/mol. The summed E-state index contributed by atoms with van der Waals surface area (Å²) in [7, 11) is -0.446. The zero-order valence-corrected chi connectivity index (χ0v) is 16.6. The molecule has 3 aromatic rings. The van der Waals surface area contributed by atoms with Gasteiger partial charge in [-0.15, -0.1) is 0 Å². The van der Waals surface area contributed by atoms with Crippen molar-refractivity contribution in [3.8, 4) is 0 Å². The highest BCUT2D eigenvalue weighted by Crippen LogP contribution is 2.32. The van der Waals surface area contributed by atoms with Crippen molar-refractivity contribution < 1.29 is 0 Å². The summed E-state index contributed by atoms with van der Waals surface area (Å²) < 4.78 is 0. The summed E-state index contributed by atoms with van der Waals surface area (Å²) >= 11 is 0. The molecule has 6 rings (SSSR count). The third-order valence-electron chi connectivity index (χ3n) is 5.24. The molecular formula is C24H27N2P. The van der Waals surface area contributed by atoms with Crippen LogP contribution in [0, 0.1) is 0 Å². The van der Waals surface area contributed by atoms with Crippen LogP contribution >= 0.6 is 7.92 Å². The minimum Gasteiger partial charge on any atom is -0.300 e. The maximum Gasteiger partial charge on any atom is 0.0110 e. The molecule has 3 aliphatic heterocycles. The molecule has 0 unspecified atom stereocenters. The smallest absolute Gasteiger partial charge is 0.0110 e. The van der Waals surface area contributed by atoms with E-state index in [0.717, 1.165) is 0 Å². The van der Waals surface area contributed by atoms with Gasteiger partial charge in [-0.2, -0.15) is 0 Å². The summed E-state index contributed by atoms with van der Waals surface area (Å²) in [4.78, 5) is 5.08. The molecular weight excluding hydrogens is 347 g/mol. The first kappa shape index (κ1) is 18.4. The fourth-order valence-corrected chi connectivity index (χ4v) is 6.00. The molecule has 0 N–H and O–H groups in total. The molecule has 3 heterocycles. The predicted molar refractivity (Wildman–Crippen MR) is 118 cm³/mol. The van der Waals surface area contributed by atoms with Gasteiger partial charge < -0.3 is 0 Å². The Morgan fingerprint density at radius 2 is 0.667 bits per heavy atom. The lowest BCUT2D eigenvalue weighted by atomic mass is 10.2. The van der Waals surface area contributed by atoms with Crippen molar-refractivity contribution in [1.29, 1.82) is 0 Å². The fraction of sp³-hybridized carbons (Fsp3) is 0.250. The molecule has 0 radical (unpaired) electrons. The normalized spacial score (nSPS) is 20.8. The molecule has 138 valence electrons. The molecule has 0 amide bonds. The van der Waals surface area contributed by atoms with E-state index in [2.05, 4.69) is 101 Å². The zero-order chi connectivity index (χ0) is 18.3. The van der Waals surface area contributed by atoms with Crippen molar-refractivity contribution in [2.75, 3.05) is 39.3 Å². The minimum atomic E-state index is -0.446. The molecule has 0 aliphatic carbocycles. The number of rotatable bonds is 3. The summed E-state index contributed by atoms with van der Waals surface area (Å²) in [5.74, 6) is 0. The van der Waals surface area contributed by atoms with E-state index in [1.807, 2.05) is 0 Å². The lowest BCUT2D eigenvalue weighted by Crippen LogP contribution is -2.55. The lowest BCUT2D eigenvalue weighted by Gasteiger charge is -2.41. The van der Waals surface area contributed by atoms with E-state index in [1.54, 1.807) is 0 Å². The van der Waals surface area contributed by atoms with E-state index in [9.17, 15) is 0 Å². The molecule has 3 aromatic carbocycles. The van der Waals surface area contributed by atoms with Gasteiger partial charge in [0.05, 0.1) is 0 Å². The van der Waals surface area contributed by atoms with Crippen LogP contribution in [0.3, 0.4) is 0 Å². The number of piperazine rings is 3. The Balaban J connectivity index is 0.000000186. The van der Waals surface area contributed by atoms with Crippen molar-refractivity contribution in [2.24, 2.45) is 0 Å². The Labute approximate surface area is 164 Å². The summed E-state index contributed by atoms with van der Waals surface area (Å²) in [6, 6.07) is 32.3. The van der Waals surface area contributed by atoms with Gasteiger partial charge in [0, 0.05) is 39.3 Å². The molecule has 2 bridgehead atoms. The first-order valence-electron chi connectivity index (χ1n) is 9.80. The van der Waals surface area contributed by atoms with Crippen LogP contribution in [0.15, 0.2) is 91.0 Å². The van der Waals surface area contributed by atoms with Crippen LogP contribution in [-0.4, -0.2) is 49.1 Å². The van der Waals surface area contributed by atoms with E-state index in [-0.39, 0.29) is 0 Å². The topological polar surface area (TPSA) is 6.48 Å². The Hall–Kier alpha value is -1.99. The third kappa shape index (κ3) is 4.84. The van der Waals surface area contributed by atoms with Crippen molar-refractivity contribution in [3.05, 3.63) is 91.0 Å². The maximum atomic E-state index is 2.54. The highest BCUT2D eigenvalue weighted by Gasteiger charge is 2.21. The van der Waals surface area contributed by atoms with Gasteiger partial charge in [-0.3, -0.25) is 9.80 Å². The number of fused-ring (bicyclic) bond motifs is 3. The number of benzene rings is 3. The molecule has 0 atom stereocenters. The molecule has 0 saturated carbocycles. The van der Waals surface area contributed by atoms with Crippen molar-refractivity contribution in [2.45, 2.75) is 0 Å². The first-order chi connectivity index (χ1) is 13.4. The average Bonchev–Trinajstić information content (AvgIpc) is 2.78. The maximum absolute atomic E-state index is 2.54. The predicted octanol–water partition coefficient (Wildman–Crippen LogP) is 3.06. The molecule has 2 nitrogen and oxygen atoms in total. The molecule has 3 aliphatic rings. The van der Waals surface area contributed by atoms with E-state index >= 15 is 0 Å². The van der Waals surface area contributed by atoms with E-state index < -0.39 is 7.92 Å². The second kappa shape index (κ2) is 9.28. The Morgan fingerprint density at radius 1 is 0.407 bits per heavy atom. The first-order valence-corrected chi connectivity index (χ1v) is 11.1. The van der Waals surface area contributed by atoms with Crippen LogP contribution in [0.1, 0.15) is 0 Å². The fourth-order valence-electron chi connectivity index (χ4n) is 3.70. The van der Waals surface area contributed by atoms with Crippen LogP contribution < -0.4 is 15.9 Å². The van der Waals surface area contributed by atoms with Gasteiger partial charge in [-0.25, -0.2) is 0 Å². The van der Waals surface area contributed by atoms with E-state index in [0.29, 0.717) is 0 Å². The molecule has 3 fully saturated rings. The molecule has 0 spiro atoms. The lowest BCUT2D eigenvalue weighted by molar-refractivity contribution is 0.0647. The van der Waals surface area contributed by atoms with Crippen LogP contribution in [0.25, 0.3) is 0 Å². The second-order valence-electron chi connectivity index (χ2n) is 7.03. The van der Waals surface area contributed by atoms with Crippen LogP contribution in [0.4, 0.5) is 0 Å². The van der Waals surface area contributed by atoms with Gasteiger partial charge >= 0.3 is 0 Å². The van der Waals surface area contributed by atoms with Crippen LogP contribution in [0.5, 0.6) is 0 Å². The molecule has 3 heteroatoms. The SMILES string of the molecule is C1CN2CCN1CC2.c1ccc(P(c2ccccc2)c2ccccc2)cc1. The molecule has 0 aromatic heterocycles. The summed E-state index contributed by atoms with van der Waals surface area (Å²) in [5.41, 5.74) is 0. The minimum absolute atomic E-state index is 0.446. The summed E-state index contributed by atoms with van der Waals surface area (Å²) in [6.45, 7) is 7.92. The highest BCUT2D eigenvalue weighted by atomic mass is 31.1. The number of hydrogen-bond acceptors (Lipinski definition) is 2.